The van der Waals surface area contributed by atoms with Gasteiger partial charge in [-0.2, -0.15) is 0 Å². The summed E-state index contributed by atoms with van der Waals surface area (Å²) < 4.78 is 21.1. The van der Waals surface area contributed by atoms with Crippen LogP contribution in [0.3, 0.4) is 0 Å². The molecule has 3 heterocycles. The topological polar surface area (TPSA) is 72.0 Å². The Balaban J connectivity index is 1.89. The number of aromatic nitrogens is 3. The molecule has 1 aromatic carbocycles. The molecule has 4 rings (SSSR count). The lowest BCUT2D eigenvalue weighted by Gasteiger charge is -2.14. The van der Waals surface area contributed by atoms with Crippen LogP contribution in [0.5, 0.6) is 5.88 Å². The molecule has 0 aliphatic heterocycles. The molecule has 3 aromatic heterocycles. The Hall–Kier alpha value is -3.74. The molecule has 0 spiro atoms. The van der Waals surface area contributed by atoms with Crippen molar-refractivity contribution in [2.24, 2.45) is 0 Å². The number of hydrogen-bond donors (Lipinski definition) is 2. The normalized spacial score (nSPS) is 10.8. The Kier molecular flexibility index (Phi) is 5.18. The molecule has 0 radical (unpaired) electrons. The van der Waals surface area contributed by atoms with Crippen LogP contribution in [0, 0.1) is 12.7 Å². The number of benzene rings is 1. The fourth-order valence-electron chi connectivity index (χ4n) is 3.47. The summed E-state index contributed by atoms with van der Waals surface area (Å²) in [6.07, 6.45) is 3.39. The van der Waals surface area contributed by atoms with E-state index in [1.54, 1.807) is 31.6 Å². The average molecular weight is 403 g/mol. The van der Waals surface area contributed by atoms with Crippen molar-refractivity contribution >= 4 is 22.4 Å². The van der Waals surface area contributed by atoms with E-state index in [1.165, 1.54) is 7.11 Å². The van der Waals surface area contributed by atoms with Crippen LogP contribution in [0.25, 0.3) is 33.2 Å². The number of halogens is 1. The number of anilines is 2. The van der Waals surface area contributed by atoms with Crippen LogP contribution in [-0.2, 0) is 0 Å². The van der Waals surface area contributed by atoms with Crippen LogP contribution in [0.2, 0.25) is 0 Å². The molecule has 152 valence electrons. The molecular weight excluding hydrogens is 381 g/mol. The van der Waals surface area contributed by atoms with Crippen LogP contribution < -0.4 is 15.4 Å². The van der Waals surface area contributed by atoms with Gasteiger partial charge in [-0.1, -0.05) is 18.2 Å². The number of hydrogen-bond acceptors (Lipinski definition) is 6. The van der Waals surface area contributed by atoms with Crippen molar-refractivity contribution in [3.8, 4) is 28.1 Å². The maximum Gasteiger partial charge on any atom is 0.221 e. The van der Waals surface area contributed by atoms with Crippen molar-refractivity contribution in [1.29, 1.82) is 0 Å². The van der Waals surface area contributed by atoms with Gasteiger partial charge in [0.25, 0.3) is 0 Å². The van der Waals surface area contributed by atoms with E-state index in [2.05, 4.69) is 25.6 Å². The first-order valence-corrected chi connectivity index (χ1v) is 9.52. The highest BCUT2D eigenvalue weighted by atomic mass is 19.1. The Labute approximate surface area is 174 Å². The van der Waals surface area contributed by atoms with Crippen molar-refractivity contribution in [2.75, 3.05) is 31.8 Å². The summed E-state index contributed by atoms with van der Waals surface area (Å²) in [6, 6.07) is 10.9. The molecule has 30 heavy (non-hydrogen) atoms. The lowest BCUT2D eigenvalue weighted by atomic mass is 9.96. The highest BCUT2D eigenvalue weighted by Crippen LogP contribution is 2.37. The van der Waals surface area contributed by atoms with E-state index in [9.17, 15) is 0 Å². The molecule has 0 amide bonds. The Bertz CT molecular complexity index is 1240. The maximum atomic E-state index is 15.7. The Morgan fingerprint density at radius 2 is 1.67 bits per heavy atom. The van der Waals surface area contributed by atoms with E-state index in [-0.39, 0.29) is 5.82 Å². The number of nitrogens with one attached hydrogen (secondary N) is 2. The number of fused-ring (bicyclic) bond motifs is 1. The first-order chi connectivity index (χ1) is 14.5. The zero-order chi connectivity index (χ0) is 21.3. The fraction of sp³-hybridized carbons (Fsp3) is 0.174. The van der Waals surface area contributed by atoms with E-state index >= 15 is 4.39 Å². The summed E-state index contributed by atoms with van der Waals surface area (Å²) in [4.78, 5) is 13.3. The second-order valence-corrected chi connectivity index (χ2v) is 6.83. The summed E-state index contributed by atoms with van der Waals surface area (Å²) in [5.41, 5.74) is 4.49. The SMILES string of the molecule is CNc1cnc(OC)c(-c2cccc(-c3cc4cnc(NC)cc4nc3C)c2F)c1. The summed E-state index contributed by atoms with van der Waals surface area (Å²) in [5.74, 6) is 0.747. The van der Waals surface area contributed by atoms with Crippen molar-refractivity contribution in [2.45, 2.75) is 6.92 Å². The fourth-order valence-corrected chi connectivity index (χ4v) is 3.47. The zero-order valence-electron chi connectivity index (χ0n) is 17.2. The molecule has 0 bridgehead atoms. The van der Waals surface area contributed by atoms with Gasteiger partial charge in [0.2, 0.25) is 5.88 Å². The molecule has 7 heteroatoms. The molecule has 0 atom stereocenters. The van der Waals surface area contributed by atoms with Gasteiger partial charge in [0.1, 0.15) is 11.6 Å². The molecule has 0 aliphatic carbocycles. The van der Waals surface area contributed by atoms with Gasteiger partial charge in [0, 0.05) is 59.7 Å². The zero-order valence-corrected chi connectivity index (χ0v) is 17.2. The molecule has 0 saturated heterocycles. The van der Waals surface area contributed by atoms with E-state index in [0.717, 1.165) is 33.7 Å². The first-order valence-electron chi connectivity index (χ1n) is 9.52. The van der Waals surface area contributed by atoms with Gasteiger partial charge in [-0.25, -0.2) is 14.4 Å². The standard InChI is InChI=1S/C23H22FN5O/c1-13-18(8-14-11-27-21(26-3)10-20(14)29-13)16-6-5-7-17(22(16)24)19-9-15(25-2)12-28-23(19)30-4/h5-12,25H,1-4H3,(H,26,27). The summed E-state index contributed by atoms with van der Waals surface area (Å²) in [6.45, 7) is 1.88. The second kappa shape index (κ2) is 7.94. The summed E-state index contributed by atoms with van der Waals surface area (Å²) >= 11 is 0. The maximum absolute atomic E-state index is 15.7. The van der Waals surface area contributed by atoms with Crippen molar-refractivity contribution in [1.82, 2.24) is 15.0 Å². The monoisotopic (exact) mass is 403 g/mol. The number of pyridine rings is 3. The van der Waals surface area contributed by atoms with E-state index in [4.69, 9.17) is 4.74 Å². The quantitative estimate of drug-likeness (QED) is 0.494. The predicted octanol–water partition coefficient (Wildman–Crippen LogP) is 4.90. The number of aryl methyl sites for hydroxylation is 1. The Morgan fingerprint density at radius 1 is 0.900 bits per heavy atom. The first kappa shape index (κ1) is 19.6. The number of rotatable bonds is 5. The van der Waals surface area contributed by atoms with Crippen LogP contribution in [0.4, 0.5) is 15.9 Å². The molecule has 6 nitrogen and oxygen atoms in total. The number of nitrogens with zero attached hydrogens (tertiary/aromatic N) is 3. The van der Waals surface area contributed by atoms with Gasteiger partial charge in [-0.3, -0.25) is 4.98 Å². The minimum atomic E-state index is -0.352. The van der Waals surface area contributed by atoms with Crippen molar-refractivity contribution in [3.63, 3.8) is 0 Å². The van der Waals surface area contributed by atoms with Gasteiger partial charge in [0.15, 0.2) is 0 Å². The molecule has 2 N–H and O–H groups in total. The smallest absolute Gasteiger partial charge is 0.221 e. The van der Waals surface area contributed by atoms with Gasteiger partial charge >= 0.3 is 0 Å². The molecular formula is C23H22FN5O. The molecule has 4 aromatic rings. The number of ether oxygens (including phenoxy) is 1. The van der Waals surface area contributed by atoms with Gasteiger partial charge < -0.3 is 15.4 Å². The lowest BCUT2D eigenvalue weighted by Crippen LogP contribution is -1.99. The largest absolute Gasteiger partial charge is 0.481 e. The van der Waals surface area contributed by atoms with E-state index in [1.807, 2.05) is 38.2 Å². The number of methoxy groups -OCH3 is 1. The molecule has 0 fully saturated rings. The van der Waals surface area contributed by atoms with Gasteiger partial charge in [0.05, 0.1) is 24.5 Å². The highest BCUT2D eigenvalue weighted by Gasteiger charge is 2.18. The van der Waals surface area contributed by atoms with Crippen LogP contribution in [0.1, 0.15) is 5.69 Å². The lowest BCUT2D eigenvalue weighted by molar-refractivity contribution is 0.399. The molecule has 0 unspecified atom stereocenters. The Morgan fingerprint density at radius 3 is 2.37 bits per heavy atom. The highest BCUT2D eigenvalue weighted by molar-refractivity contribution is 5.87. The van der Waals surface area contributed by atoms with Crippen LogP contribution >= 0.6 is 0 Å². The minimum absolute atomic E-state index is 0.352. The van der Waals surface area contributed by atoms with Crippen molar-refractivity contribution in [3.05, 3.63) is 60.3 Å². The second-order valence-electron chi connectivity index (χ2n) is 6.83. The van der Waals surface area contributed by atoms with E-state index < -0.39 is 0 Å². The third-order valence-corrected chi connectivity index (χ3v) is 5.06. The van der Waals surface area contributed by atoms with E-state index in [0.29, 0.717) is 22.6 Å². The van der Waals surface area contributed by atoms with Crippen LogP contribution in [-0.4, -0.2) is 36.2 Å². The molecule has 0 aliphatic rings. The average Bonchev–Trinajstić information content (AvgIpc) is 2.78. The third-order valence-electron chi connectivity index (χ3n) is 5.06. The molecule has 0 saturated carbocycles. The third kappa shape index (κ3) is 3.39. The predicted molar refractivity (Wildman–Crippen MR) is 119 cm³/mol. The summed E-state index contributed by atoms with van der Waals surface area (Å²) in [7, 11) is 5.12. The van der Waals surface area contributed by atoms with Crippen LogP contribution in [0.15, 0.2) is 48.8 Å². The van der Waals surface area contributed by atoms with Gasteiger partial charge in [-0.15, -0.1) is 0 Å². The summed E-state index contributed by atoms with van der Waals surface area (Å²) in [5, 5.41) is 6.88. The van der Waals surface area contributed by atoms with Gasteiger partial charge in [-0.05, 0) is 19.1 Å². The minimum Gasteiger partial charge on any atom is -0.481 e. The van der Waals surface area contributed by atoms with Crippen molar-refractivity contribution < 1.29 is 9.13 Å².